The van der Waals surface area contributed by atoms with Gasteiger partial charge in [0.25, 0.3) is 5.91 Å². The normalized spacial score (nSPS) is 15.4. The highest BCUT2D eigenvalue weighted by atomic mass is 79.9. The highest BCUT2D eigenvalue weighted by Crippen LogP contribution is 2.34. The summed E-state index contributed by atoms with van der Waals surface area (Å²) in [4.78, 5) is 14.2. The van der Waals surface area contributed by atoms with E-state index in [1.807, 2.05) is 13.8 Å². The molecule has 21 heavy (non-hydrogen) atoms. The van der Waals surface area contributed by atoms with Crippen LogP contribution in [0.5, 0.6) is 0 Å². The van der Waals surface area contributed by atoms with Crippen LogP contribution >= 0.6 is 15.9 Å². The average molecular weight is 364 g/mol. The third-order valence-corrected chi connectivity index (χ3v) is 4.25. The number of hydrogen-bond donors (Lipinski definition) is 0. The lowest BCUT2D eigenvalue weighted by Gasteiger charge is -2.27. The number of nitrogens with zero attached hydrogens (tertiary/aromatic N) is 1. The zero-order chi connectivity index (χ0) is 15.8. The Hall–Kier alpha value is -1.04. The molecular formula is C15H17BrF3NO. The number of halogens is 4. The van der Waals surface area contributed by atoms with Gasteiger partial charge < -0.3 is 4.90 Å². The van der Waals surface area contributed by atoms with E-state index in [0.717, 1.165) is 25.0 Å². The second-order valence-electron chi connectivity index (χ2n) is 5.69. The Kier molecular flexibility index (Phi) is 4.66. The topological polar surface area (TPSA) is 20.3 Å². The van der Waals surface area contributed by atoms with Gasteiger partial charge in [-0.15, -0.1) is 0 Å². The van der Waals surface area contributed by atoms with Gasteiger partial charge in [-0.3, -0.25) is 4.79 Å². The van der Waals surface area contributed by atoms with Crippen LogP contribution in [0.1, 0.15) is 42.6 Å². The minimum absolute atomic E-state index is 0.0421. The first-order valence-electron chi connectivity index (χ1n) is 6.88. The lowest BCUT2D eigenvalue weighted by Crippen LogP contribution is -2.38. The Balaban J connectivity index is 2.31. The number of amides is 1. The van der Waals surface area contributed by atoms with Crippen molar-refractivity contribution in [3.63, 3.8) is 0 Å². The SMILES string of the molecule is CC(C)N(CC1CC1)C(=O)c1cc(C(F)(F)F)ccc1Br. The summed E-state index contributed by atoms with van der Waals surface area (Å²) >= 11 is 3.18. The molecule has 0 saturated heterocycles. The highest BCUT2D eigenvalue weighted by molar-refractivity contribution is 9.10. The van der Waals surface area contributed by atoms with Crippen LogP contribution in [0.4, 0.5) is 13.2 Å². The Morgan fingerprint density at radius 2 is 2.00 bits per heavy atom. The Bertz CT molecular complexity index is 538. The molecule has 2 nitrogen and oxygen atoms in total. The molecule has 1 aliphatic rings. The Morgan fingerprint density at radius 1 is 1.38 bits per heavy atom. The van der Waals surface area contributed by atoms with Crippen molar-refractivity contribution in [2.75, 3.05) is 6.54 Å². The number of carbonyl (C=O) groups is 1. The molecule has 1 saturated carbocycles. The van der Waals surface area contributed by atoms with Crippen LogP contribution in [0, 0.1) is 5.92 Å². The Morgan fingerprint density at radius 3 is 2.48 bits per heavy atom. The monoisotopic (exact) mass is 363 g/mol. The maximum absolute atomic E-state index is 12.8. The van der Waals surface area contributed by atoms with Crippen molar-refractivity contribution < 1.29 is 18.0 Å². The maximum Gasteiger partial charge on any atom is 0.416 e. The van der Waals surface area contributed by atoms with E-state index in [2.05, 4.69) is 15.9 Å². The third-order valence-electron chi connectivity index (χ3n) is 3.56. The predicted octanol–water partition coefficient (Wildman–Crippen LogP) is 4.73. The first kappa shape index (κ1) is 16.3. The van der Waals surface area contributed by atoms with Crippen LogP contribution in [0.15, 0.2) is 22.7 Å². The number of hydrogen-bond acceptors (Lipinski definition) is 1. The van der Waals surface area contributed by atoms with Crippen LogP contribution in [-0.4, -0.2) is 23.4 Å². The predicted molar refractivity (Wildman–Crippen MR) is 78.0 cm³/mol. The summed E-state index contributed by atoms with van der Waals surface area (Å²) in [6, 6.07) is 3.14. The highest BCUT2D eigenvalue weighted by Gasteiger charge is 2.33. The summed E-state index contributed by atoms with van der Waals surface area (Å²) in [5, 5.41) is 0. The molecule has 0 radical (unpaired) electrons. The molecule has 0 bridgehead atoms. The number of carbonyl (C=O) groups excluding carboxylic acids is 1. The van der Waals surface area contributed by atoms with Gasteiger partial charge in [0.1, 0.15) is 0 Å². The minimum Gasteiger partial charge on any atom is -0.336 e. The molecule has 0 atom stereocenters. The van der Waals surface area contributed by atoms with E-state index in [1.54, 1.807) is 4.90 Å². The molecule has 0 heterocycles. The standard InChI is InChI=1S/C15H17BrF3NO/c1-9(2)20(8-10-3-4-10)14(21)12-7-11(15(17,18)19)5-6-13(12)16/h5-7,9-10H,3-4,8H2,1-2H3. The fourth-order valence-corrected chi connectivity index (χ4v) is 2.54. The van der Waals surface area contributed by atoms with Gasteiger partial charge in [-0.05, 0) is 66.7 Å². The van der Waals surface area contributed by atoms with Crippen molar-refractivity contribution in [2.45, 2.75) is 38.9 Å². The lowest BCUT2D eigenvalue weighted by atomic mass is 10.1. The van der Waals surface area contributed by atoms with E-state index in [1.165, 1.54) is 6.07 Å². The zero-order valence-corrected chi connectivity index (χ0v) is 13.5. The van der Waals surface area contributed by atoms with Crippen molar-refractivity contribution >= 4 is 21.8 Å². The van der Waals surface area contributed by atoms with E-state index in [0.29, 0.717) is 16.9 Å². The smallest absolute Gasteiger partial charge is 0.336 e. The first-order chi connectivity index (χ1) is 9.70. The van der Waals surface area contributed by atoms with Crippen LogP contribution in [0.25, 0.3) is 0 Å². The average Bonchev–Trinajstić information content (AvgIpc) is 3.18. The molecule has 0 N–H and O–H groups in total. The van der Waals surface area contributed by atoms with Gasteiger partial charge in [0.2, 0.25) is 0 Å². The quantitative estimate of drug-likeness (QED) is 0.757. The van der Waals surface area contributed by atoms with Crippen molar-refractivity contribution in [1.82, 2.24) is 4.90 Å². The second-order valence-corrected chi connectivity index (χ2v) is 6.54. The molecular weight excluding hydrogens is 347 g/mol. The molecule has 1 fully saturated rings. The van der Waals surface area contributed by atoms with E-state index in [-0.39, 0.29) is 17.5 Å². The van der Waals surface area contributed by atoms with E-state index < -0.39 is 11.7 Å². The molecule has 6 heteroatoms. The van der Waals surface area contributed by atoms with Crippen LogP contribution in [0.3, 0.4) is 0 Å². The first-order valence-corrected chi connectivity index (χ1v) is 7.67. The molecule has 0 unspecified atom stereocenters. The summed E-state index contributed by atoms with van der Waals surface area (Å²) in [5.41, 5.74) is -0.733. The van der Waals surface area contributed by atoms with Crippen molar-refractivity contribution in [2.24, 2.45) is 5.92 Å². The summed E-state index contributed by atoms with van der Waals surface area (Å²) in [6.07, 6.45) is -2.28. The van der Waals surface area contributed by atoms with Gasteiger partial charge in [0.15, 0.2) is 0 Å². The summed E-state index contributed by atoms with van der Waals surface area (Å²) in [5.74, 6) is 0.135. The Labute approximate surface area is 130 Å². The summed E-state index contributed by atoms with van der Waals surface area (Å²) in [6.45, 7) is 4.36. The number of benzene rings is 1. The molecule has 0 aromatic heterocycles. The van der Waals surface area contributed by atoms with Crippen LogP contribution in [-0.2, 0) is 6.18 Å². The van der Waals surface area contributed by atoms with Crippen LogP contribution in [0.2, 0.25) is 0 Å². The molecule has 1 amide bonds. The van der Waals surface area contributed by atoms with Gasteiger partial charge in [-0.25, -0.2) is 0 Å². The van der Waals surface area contributed by atoms with Crippen molar-refractivity contribution in [1.29, 1.82) is 0 Å². The largest absolute Gasteiger partial charge is 0.416 e. The molecule has 1 aliphatic carbocycles. The van der Waals surface area contributed by atoms with Gasteiger partial charge >= 0.3 is 6.18 Å². The summed E-state index contributed by atoms with van der Waals surface area (Å²) in [7, 11) is 0. The zero-order valence-electron chi connectivity index (χ0n) is 11.9. The van der Waals surface area contributed by atoms with Gasteiger partial charge in [-0.2, -0.15) is 13.2 Å². The lowest BCUT2D eigenvalue weighted by molar-refractivity contribution is -0.137. The summed E-state index contributed by atoms with van der Waals surface area (Å²) < 4.78 is 38.8. The maximum atomic E-state index is 12.8. The third kappa shape index (κ3) is 3.99. The molecule has 1 aromatic carbocycles. The van der Waals surface area contributed by atoms with E-state index >= 15 is 0 Å². The van der Waals surface area contributed by atoms with Crippen LogP contribution < -0.4 is 0 Å². The number of alkyl halides is 3. The molecule has 0 aliphatic heterocycles. The van der Waals surface area contributed by atoms with E-state index in [9.17, 15) is 18.0 Å². The van der Waals surface area contributed by atoms with Gasteiger partial charge in [-0.1, -0.05) is 0 Å². The fourth-order valence-electron chi connectivity index (χ4n) is 2.13. The molecule has 1 aromatic rings. The second kappa shape index (κ2) is 5.99. The van der Waals surface area contributed by atoms with E-state index in [4.69, 9.17) is 0 Å². The van der Waals surface area contributed by atoms with Crippen molar-refractivity contribution in [3.8, 4) is 0 Å². The fraction of sp³-hybridized carbons (Fsp3) is 0.533. The minimum atomic E-state index is -4.45. The molecule has 0 spiro atoms. The molecule has 2 rings (SSSR count). The molecule has 116 valence electrons. The van der Waals surface area contributed by atoms with Gasteiger partial charge in [0, 0.05) is 17.1 Å². The number of rotatable bonds is 4. The van der Waals surface area contributed by atoms with Gasteiger partial charge in [0.05, 0.1) is 11.1 Å². The van der Waals surface area contributed by atoms with Crippen molar-refractivity contribution in [3.05, 3.63) is 33.8 Å².